The molecule has 0 radical (unpaired) electrons. The van der Waals surface area contributed by atoms with Crippen LogP contribution in [0.1, 0.15) is 25.0 Å². The zero-order chi connectivity index (χ0) is 11.3. The Hall–Kier alpha value is -0.900. The lowest BCUT2D eigenvalue weighted by Crippen LogP contribution is -2.29. The van der Waals surface area contributed by atoms with E-state index >= 15 is 0 Å². The van der Waals surface area contributed by atoms with Gasteiger partial charge in [0, 0.05) is 5.92 Å². The molecule has 0 aliphatic carbocycles. The van der Waals surface area contributed by atoms with Crippen molar-refractivity contribution in [2.75, 3.05) is 6.61 Å². The van der Waals surface area contributed by atoms with E-state index < -0.39 is 18.1 Å². The average molecular weight is 210 g/mol. The minimum absolute atomic E-state index is 0.217. The lowest BCUT2D eigenvalue weighted by molar-refractivity contribution is -0.0191. The Morgan fingerprint density at radius 3 is 2.20 bits per heavy atom. The molecule has 84 valence electrons. The maximum atomic E-state index is 9.96. The van der Waals surface area contributed by atoms with Gasteiger partial charge >= 0.3 is 0 Å². The van der Waals surface area contributed by atoms with E-state index in [9.17, 15) is 10.2 Å². The first-order valence-corrected chi connectivity index (χ1v) is 5.22. The van der Waals surface area contributed by atoms with Crippen molar-refractivity contribution >= 4 is 0 Å². The summed E-state index contributed by atoms with van der Waals surface area (Å²) in [7, 11) is 0. The van der Waals surface area contributed by atoms with E-state index in [1.165, 1.54) is 0 Å². The van der Waals surface area contributed by atoms with Gasteiger partial charge in [-0.3, -0.25) is 0 Å². The van der Waals surface area contributed by atoms with Gasteiger partial charge in [0.15, 0.2) is 0 Å². The molecular formula is C12H18O3. The van der Waals surface area contributed by atoms with Gasteiger partial charge in [0.2, 0.25) is 0 Å². The van der Waals surface area contributed by atoms with Crippen LogP contribution < -0.4 is 0 Å². The SMILES string of the molecule is CC[C@H](O)[C@H](CO)[C@@H](O)c1ccccc1. The minimum atomic E-state index is -0.814. The van der Waals surface area contributed by atoms with E-state index in [1.54, 1.807) is 12.1 Å². The molecule has 15 heavy (non-hydrogen) atoms. The molecule has 0 aliphatic rings. The van der Waals surface area contributed by atoms with Crippen LogP contribution in [-0.4, -0.2) is 28.0 Å². The standard InChI is InChI=1S/C12H18O3/c1-2-11(14)10(8-13)12(15)9-6-4-3-5-7-9/h3-7,10-15H,2,8H2,1H3/t10-,11-,12-/m0/s1. The molecule has 0 amide bonds. The number of hydrogen-bond donors (Lipinski definition) is 3. The quantitative estimate of drug-likeness (QED) is 0.682. The molecule has 0 aromatic heterocycles. The Bertz CT molecular complexity index is 273. The molecule has 1 aromatic carbocycles. The summed E-state index contributed by atoms with van der Waals surface area (Å²) in [6.07, 6.45) is -0.967. The van der Waals surface area contributed by atoms with Crippen LogP contribution in [0.2, 0.25) is 0 Å². The molecule has 3 heteroatoms. The molecule has 0 saturated heterocycles. The first-order valence-electron chi connectivity index (χ1n) is 5.22. The zero-order valence-electron chi connectivity index (χ0n) is 8.87. The van der Waals surface area contributed by atoms with Crippen LogP contribution in [0.5, 0.6) is 0 Å². The highest BCUT2D eigenvalue weighted by Gasteiger charge is 2.26. The van der Waals surface area contributed by atoms with E-state index in [2.05, 4.69) is 0 Å². The fourth-order valence-corrected chi connectivity index (χ4v) is 1.63. The Labute approximate surface area is 90.0 Å². The fraction of sp³-hybridized carbons (Fsp3) is 0.500. The first-order chi connectivity index (χ1) is 7.20. The molecule has 0 bridgehead atoms. The van der Waals surface area contributed by atoms with Gasteiger partial charge in [-0.1, -0.05) is 37.3 Å². The van der Waals surface area contributed by atoms with Gasteiger partial charge in [-0.05, 0) is 12.0 Å². The highest BCUT2D eigenvalue weighted by molar-refractivity contribution is 5.18. The van der Waals surface area contributed by atoms with E-state index in [0.29, 0.717) is 6.42 Å². The molecule has 1 rings (SSSR count). The summed E-state index contributed by atoms with van der Waals surface area (Å²) in [4.78, 5) is 0. The summed E-state index contributed by atoms with van der Waals surface area (Å²) < 4.78 is 0. The Morgan fingerprint density at radius 2 is 1.73 bits per heavy atom. The van der Waals surface area contributed by atoms with Crippen LogP contribution in [0.3, 0.4) is 0 Å². The summed E-state index contributed by atoms with van der Waals surface area (Å²) in [5.74, 6) is -0.516. The van der Waals surface area contributed by atoms with Crippen LogP contribution in [0.25, 0.3) is 0 Å². The van der Waals surface area contributed by atoms with E-state index in [-0.39, 0.29) is 6.61 Å². The van der Waals surface area contributed by atoms with Gasteiger partial charge in [-0.15, -0.1) is 0 Å². The van der Waals surface area contributed by atoms with Crippen LogP contribution in [0.4, 0.5) is 0 Å². The number of aliphatic hydroxyl groups excluding tert-OH is 3. The molecule has 0 heterocycles. The van der Waals surface area contributed by atoms with Crippen molar-refractivity contribution < 1.29 is 15.3 Å². The Morgan fingerprint density at radius 1 is 1.13 bits per heavy atom. The first kappa shape index (κ1) is 12.2. The molecule has 0 unspecified atom stereocenters. The van der Waals surface area contributed by atoms with Crippen LogP contribution in [0, 0.1) is 5.92 Å². The van der Waals surface area contributed by atoms with Gasteiger partial charge in [-0.2, -0.15) is 0 Å². The fourth-order valence-electron chi connectivity index (χ4n) is 1.63. The Balaban J connectivity index is 2.77. The van der Waals surface area contributed by atoms with E-state index in [1.807, 2.05) is 25.1 Å². The molecule has 3 atom stereocenters. The summed E-state index contributed by atoms with van der Waals surface area (Å²) in [5.41, 5.74) is 0.726. The molecule has 0 fully saturated rings. The Kier molecular flexibility index (Phi) is 4.75. The smallest absolute Gasteiger partial charge is 0.0864 e. The number of aliphatic hydroxyl groups is 3. The molecule has 1 aromatic rings. The number of benzene rings is 1. The molecule has 0 aliphatic heterocycles. The predicted molar refractivity (Wildman–Crippen MR) is 58.3 cm³/mol. The highest BCUT2D eigenvalue weighted by Crippen LogP contribution is 2.25. The van der Waals surface area contributed by atoms with Crippen LogP contribution >= 0.6 is 0 Å². The topological polar surface area (TPSA) is 60.7 Å². The van der Waals surface area contributed by atoms with Crippen molar-refractivity contribution in [3.05, 3.63) is 35.9 Å². The summed E-state index contributed by atoms with van der Waals surface area (Å²) in [6.45, 7) is 1.61. The number of hydrogen-bond acceptors (Lipinski definition) is 3. The third-order valence-corrected chi connectivity index (χ3v) is 2.67. The molecule has 3 nitrogen and oxygen atoms in total. The second kappa shape index (κ2) is 5.85. The monoisotopic (exact) mass is 210 g/mol. The highest BCUT2D eigenvalue weighted by atomic mass is 16.3. The lowest BCUT2D eigenvalue weighted by atomic mass is 9.90. The molecule has 3 N–H and O–H groups in total. The van der Waals surface area contributed by atoms with Gasteiger partial charge in [0.1, 0.15) is 0 Å². The minimum Gasteiger partial charge on any atom is -0.396 e. The van der Waals surface area contributed by atoms with Crippen LogP contribution in [0.15, 0.2) is 30.3 Å². The van der Waals surface area contributed by atoms with Gasteiger partial charge in [0.05, 0.1) is 18.8 Å². The van der Waals surface area contributed by atoms with Crippen molar-refractivity contribution in [3.8, 4) is 0 Å². The van der Waals surface area contributed by atoms with Gasteiger partial charge in [0.25, 0.3) is 0 Å². The van der Waals surface area contributed by atoms with E-state index in [4.69, 9.17) is 5.11 Å². The summed E-state index contributed by atoms with van der Waals surface area (Å²) in [5, 5.41) is 28.7. The van der Waals surface area contributed by atoms with Crippen molar-refractivity contribution in [1.82, 2.24) is 0 Å². The second-order valence-corrected chi connectivity index (χ2v) is 3.68. The summed E-state index contributed by atoms with van der Waals surface area (Å²) in [6, 6.07) is 9.09. The average Bonchev–Trinajstić information content (AvgIpc) is 2.30. The van der Waals surface area contributed by atoms with Crippen molar-refractivity contribution in [3.63, 3.8) is 0 Å². The second-order valence-electron chi connectivity index (χ2n) is 3.68. The molecular weight excluding hydrogens is 192 g/mol. The van der Waals surface area contributed by atoms with Gasteiger partial charge < -0.3 is 15.3 Å². The zero-order valence-corrected chi connectivity index (χ0v) is 8.87. The lowest BCUT2D eigenvalue weighted by Gasteiger charge is -2.25. The maximum Gasteiger partial charge on any atom is 0.0864 e. The number of rotatable bonds is 5. The largest absolute Gasteiger partial charge is 0.396 e. The van der Waals surface area contributed by atoms with Gasteiger partial charge in [-0.25, -0.2) is 0 Å². The molecule has 0 saturated carbocycles. The van der Waals surface area contributed by atoms with Crippen LogP contribution in [-0.2, 0) is 0 Å². The van der Waals surface area contributed by atoms with E-state index in [0.717, 1.165) is 5.56 Å². The predicted octanol–water partition coefficient (Wildman–Crippen LogP) is 1.10. The molecule has 0 spiro atoms. The normalized spacial score (nSPS) is 17.1. The third kappa shape index (κ3) is 3.02. The summed E-state index contributed by atoms with van der Waals surface area (Å²) >= 11 is 0. The third-order valence-electron chi connectivity index (χ3n) is 2.67. The van der Waals surface area contributed by atoms with Crippen molar-refractivity contribution in [1.29, 1.82) is 0 Å². The van der Waals surface area contributed by atoms with Crippen molar-refractivity contribution in [2.24, 2.45) is 5.92 Å². The maximum absolute atomic E-state index is 9.96. The van der Waals surface area contributed by atoms with Crippen molar-refractivity contribution in [2.45, 2.75) is 25.6 Å².